The predicted molar refractivity (Wildman–Crippen MR) is 81.3 cm³/mol. The van der Waals surface area contributed by atoms with Crippen LogP contribution >= 0.6 is 0 Å². The Bertz CT molecular complexity index is 505. The summed E-state index contributed by atoms with van der Waals surface area (Å²) in [6.07, 6.45) is 4.41. The molecule has 2 saturated heterocycles. The van der Waals surface area contributed by atoms with Crippen LogP contribution in [-0.2, 0) is 16.0 Å². The second-order valence-electron chi connectivity index (χ2n) is 6.21. The number of ether oxygens (including phenoxy) is 1. The van der Waals surface area contributed by atoms with Crippen LogP contribution in [0.1, 0.15) is 12.0 Å². The molecule has 0 radical (unpaired) electrons. The van der Waals surface area contributed by atoms with Crippen molar-refractivity contribution >= 4 is 5.91 Å². The second kappa shape index (κ2) is 6.73. The van der Waals surface area contributed by atoms with E-state index < -0.39 is 5.60 Å². The predicted octanol–water partition coefficient (Wildman–Crippen LogP) is -0.0803. The summed E-state index contributed by atoms with van der Waals surface area (Å²) in [6, 6.07) is 3.71. The van der Waals surface area contributed by atoms with Crippen LogP contribution in [0.5, 0.6) is 0 Å². The molecule has 3 rings (SSSR count). The molecule has 0 bridgehead atoms. The first-order valence-electron chi connectivity index (χ1n) is 7.84. The Hall–Kier alpha value is -1.50. The molecule has 2 aliphatic rings. The fourth-order valence-corrected chi connectivity index (χ4v) is 3.16. The zero-order valence-electron chi connectivity index (χ0n) is 12.8. The van der Waals surface area contributed by atoms with Gasteiger partial charge in [0.05, 0.1) is 31.8 Å². The Balaban J connectivity index is 1.53. The van der Waals surface area contributed by atoms with Crippen LogP contribution in [0, 0.1) is 0 Å². The van der Waals surface area contributed by atoms with Crippen LogP contribution in [0.4, 0.5) is 0 Å². The summed E-state index contributed by atoms with van der Waals surface area (Å²) in [5, 5.41) is 10.7. The van der Waals surface area contributed by atoms with E-state index >= 15 is 0 Å². The quantitative estimate of drug-likeness (QED) is 0.843. The number of pyridine rings is 1. The van der Waals surface area contributed by atoms with E-state index in [0.29, 0.717) is 32.5 Å². The van der Waals surface area contributed by atoms with Gasteiger partial charge in [0.15, 0.2) is 0 Å². The Morgan fingerprint density at radius 3 is 2.73 bits per heavy atom. The van der Waals surface area contributed by atoms with Crippen LogP contribution in [-0.4, -0.2) is 77.3 Å². The van der Waals surface area contributed by atoms with Gasteiger partial charge in [0.2, 0.25) is 5.91 Å². The van der Waals surface area contributed by atoms with Gasteiger partial charge in [-0.25, -0.2) is 0 Å². The van der Waals surface area contributed by atoms with E-state index in [1.54, 1.807) is 17.3 Å². The molecule has 0 saturated carbocycles. The molecule has 1 N–H and O–H groups in total. The zero-order valence-corrected chi connectivity index (χ0v) is 12.8. The highest BCUT2D eigenvalue weighted by atomic mass is 16.5. The highest BCUT2D eigenvalue weighted by Crippen LogP contribution is 2.23. The van der Waals surface area contributed by atoms with Crippen molar-refractivity contribution in [1.29, 1.82) is 0 Å². The number of rotatable bonds is 4. The summed E-state index contributed by atoms with van der Waals surface area (Å²) < 4.78 is 5.33. The summed E-state index contributed by atoms with van der Waals surface area (Å²) in [7, 11) is 0. The van der Waals surface area contributed by atoms with Crippen molar-refractivity contribution in [3.63, 3.8) is 0 Å². The molecular weight excluding hydrogens is 282 g/mol. The van der Waals surface area contributed by atoms with Gasteiger partial charge in [-0.05, 0) is 24.1 Å². The molecule has 1 amide bonds. The minimum Gasteiger partial charge on any atom is -0.387 e. The largest absolute Gasteiger partial charge is 0.387 e. The summed E-state index contributed by atoms with van der Waals surface area (Å²) in [4.78, 5) is 20.3. The highest BCUT2D eigenvalue weighted by Gasteiger charge is 2.39. The van der Waals surface area contributed by atoms with E-state index in [2.05, 4.69) is 9.88 Å². The van der Waals surface area contributed by atoms with Gasteiger partial charge in [-0.15, -0.1) is 0 Å². The molecule has 6 heteroatoms. The molecule has 6 nitrogen and oxygen atoms in total. The summed E-state index contributed by atoms with van der Waals surface area (Å²) in [6.45, 7) is 4.83. The van der Waals surface area contributed by atoms with Gasteiger partial charge < -0.3 is 14.7 Å². The highest BCUT2D eigenvalue weighted by molar-refractivity contribution is 5.79. The lowest BCUT2D eigenvalue weighted by Crippen LogP contribution is -2.49. The standard InChI is InChI=1S/C16H23N3O3/c20-15(11-14-1-4-17-5-2-14)19-6-3-16(21,13-19)12-18-7-9-22-10-8-18/h1-2,4-5,21H,3,6-13H2. The van der Waals surface area contributed by atoms with Crippen molar-refractivity contribution in [1.82, 2.24) is 14.8 Å². The number of hydrogen-bond acceptors (Lipinski definition) is 5. The molecule has 22 heavy (non-hydrogen) atoms. The minimum absolute atomic E-state index is 0.0732. The van der Waals surface area contributed by atoms with Gasteiger partial charge >= 0.3 is 0 Å². The number of amides is 1. The lowest BCUT2D eigenvalue weighted by molar-refractivity contribution is -0.130. The first kappa shape index (κ1) is 15.4. The molecule has 1 aromatic rings. The van der Waals surface area contributed by atoms with E-state index in [1.807, 2.05) is 12.1 Å². The van der Waals surface area contributed by atoms with Crippen LogP contribution < -0.4 is 0 Å². The number of aliphatic hydroxyl groups is 1. The number of hydrogen-bond donors (Lipinski definition) is 1. The van der Waals surface area contributed by atoms with Crippen LogP contribution in [0.25, 0.3) is 0 Å². The Kier molecular flexibility index (Phi) is 4.71. The third kappa shape index (κ3) is 3.82. The maximum absolute atomic E-state index is 12.4. The maximum Gasteiger partial charge on any atom is 0.227 e. The number of carbonyl (C=O) groups excluding carboxylic acids is 1. The lowest BCUT2D eigenvalue weighted by Gasteiger charge is -2.33. The molecule has 2 fully saturated rings. The smallest absolute Gasteiger partial charge is 0.227 e. The Morgan fingerprint density at radius 2 is 2.00 bits per heavy atom. The van der Waals surface area contributed by atoms with Crippen LogP contribution in [0.3, 0.4) is 0 Å². The molecule has 0 spiro atoms. The van der Waals surface area contributed by atoms with Gasteiger partial charge in [-0.2, -0.15) is 0 Å². The van der Waals surface area contributed by atoms with Crippen molar-refractivity contribution < 1.29 is 14.6 Å². The zero-order chi connectivity index (χ0) is 15.4. The monoisotopic (exact) mass is 305 g/mol. The van der Waals surface area contributed by atoms with Gasteiger partial charge in [0, 0.05) is 38.6 Å². The minimum atomic E-state index is -0.786. The van der Waals surface area contributed by atoms with E-state index in [4.69, 9.17) is 4.74 Å². The average Bonchev–Trinajstić information content (AvgIpc) is 2.91. The third-order valence-electron chi connectivity index (χ3n) is 4.41. The molecule has 120 valence electrons. The number of morpholine rings is 1. The summed E-state index contributed by atoms with van der Waals surface area (Å²) in [5.74, 6) is 0.0732. The van der Waals surface area contributed by atoms with Crippen LogP contribution in [0.2, 0.25) is 0 Å². The second-order valence-corrected chi connectivity index (χ2v) is 6.21. The van der Waals surface area contributed by atoms with E-state index in [0.717, 1.165) is 31.9 Å². The van der Waals surface area contributed by atoms with Crippen LogP contribution in [0.15, 0.2) is 24.5 Å². The normalized spacial score (nSPS) is 26.3. The Labute approximate surface area is 130 Å². The first-order valence-corrected chi connectivity index (χ1v) is 7.84. The molecule has 0 aromatic carbocycles. The molecular formula is C16H23N3O3. The summed E-state index contributed by atoms with van der Waals surface area (Å²) >= 11 is 0. The van der Waals surface area contributed by atoms with E-state index in [1.165, 1.54) is 0 Å². The number of likely N-dealkylation sites (tertiary alicyclic amines) is 1. The van der Waals surface area contributed by atoms with Crippen molar-refractivity contribution in [2.45, 2.75) is 18.4 Å². The van der Waals surface area contributed by atoms with Gasteiger partial charge in [-0.3, -0.25) is 14.7 Å². The first-order chi connectivity index (χ1) is 10.6. The van der Waals surface area contributed by atoms with E-state index in [9.17, 15) is 9.90 Å². The van der Waals surface area contributed by atoms with E-state index in [-0.39, 0.29) is 5.91 Å². The van der Waals surface area contributed by atoms with Gasteiger partial charge in [0.25, 0.3) is 0 Å². The van der Waals surface area contributed by atoms with Crippen molar-refractivity contribution in [2.75, 3.05) is 45.9 Å². The lowest BCUT2D eigenvalue weighted by atomic mass is 10.0. The summed E-state index contributed by atoms with van der Waals surface area (Å²) in [5.41, 5.74) is 0.175. The number of aromatic nitrogens is 1. The van der Waals surface area contributed by atoms with Crippen molar-refractivity contribution in [3.05, 3.63) is 30.1 Å². The molecule has 3 heterocycles. The number of nitrogens with zero attached hydrogens (tertiary/aromatic N) is 3. The maximum atomic E-state index is 12.4. The topological polar surface area (TPSA) is 65.9 Å². The molecule has 1 unspecified atom stereocenters. The molecule has 2 aliphatic heterocycles. The number of β-amino-alcohol motifs (C(OH)–C–C–N with tert-alkyl or cyclic N) is 1. The molecule has 1 aromatic heterocycles. The number of carbonyl (C=O) groups is 1. The van der Waals surface area contributed by atoms with Crippen molar-refractivity contribution in [2.24, 2.45) is 0 Å². The third-order valence-corrected chi connectivity index (χ3v) is 4.41. The SMILES string of the molecule is O=C(Cc1ccncc1)N1CCC(O)(CN2CCOCC2)C1. The fraction of sp³-hybridized carbons (Fsp3) is 0.625. The average molecular weight is 305 g/mol. The van der Waals surface area contributed by atoms with Crippen molar-refractivity contribution in [3.8, 4) is 0 Å². The van der Waals surface area contributed by atoms with Gasteiger partial charge in [0.1, 0.15) is 0 Å². The fourth-order valence-electron chi connectivity index (χ4n) is 3.16. The molecule has 1 atom stereocenters. The Morgan fingerprint density at radius 1 is 1.27 bits per heavy atom. The molecule has 0 aliphatic carbocycles. The van der Waals surface area contributed by atoms with Gasteiger partial charge in [-0.1, -0.05) is 0 Å².